The molecule has 2 N–H and O–H groups in total. The number of hydrogen-bond donors (Lipinski definition) is 2. The number of rotatable bonds is 8. The maximum Gasteiger partial charge on any atom is 0.251 e. The zero-order chi connectivity index (χ0) is 20.0. The zero-order valence-electron chi connectivity index (χ0n) is 16.3. The van der Waals surface area contributed by atoms with E-state index >= 15 is 0 Å². The average Bonchev–Trinajstić information content (AvgIpc) is 2.61. The number of carbonyl (C=O) groups excluding carboxylic acids is 1. The molecule has 0 radical (unpaired) electrons. The summed E-state index contributed by atoms with van der Waals surface area (Å²) in [4.78, 5) is 12.5. The van der Waals surface area contributed by atoms with Crippen molar-refractivity contribution in [1.29, 1.82) is 0 Å². The third-order valence-electron chi connectivity index (χ3n) is 4.44. The van der Waals surface area contributed by atoms with Gasteiger partial charge < -0.3 is 5.32 Å². The smallest absolute Gasteiger partial charge is 0.251 e. The van der Waals surface area contributed by atoms with Crippen molar-refractivity contribution in [2.24, 2.45) is 0 Å². The monoisotopic (exact) mass is 388 g/mol. The largest absolute Gasteiger partial charge is 0.346 e. The van der Waals surface area contributed by atoms with E-state index in [0.29, 0.717) is 24.4 Å². The Balaban J connectivity index is 1.93. The summed E-state index contributed by atoms with van der Waals surface area (Å²) in [5.41, 5.74) is 3.90. The van der Waals surface area contributed by atoms with E-state index in [2.05, 4.69) is 48.2 Å². The van der Waals surface area contributed by atoms with Crippen LogP contribution in [0.15, 0.2) is 48.5 Å². The minimum Gasteiger partial charge on any atom is -0.346 e. The van der Waals surface area contributed by atoms with Gasteiger partial charge in [-0.1, -0.05) is 50.2 Å². The summed E-state index contributed by atoms with van der Waals surface area (Å²) in [6, 6.07) is 15.4. The van der Waals surface area contributed by atoms with Crippen LogP contribution in [0.1, 0.15) is 59.8 Å². The summed E-state index contributed by atoms with van der Waals surface area (Å²) >= 11 is 0. The number of carbonyl (C=O) groups is 1. The standard InChI is InChI=1S/C21H28N2O3S/c1-15(2)18-9-11-19(12-10-18)16(3)23-21(24)20-7-5-17(6-8-20)13-14-22-27(4,25)26/h5-12,15-16,22H,13-14H2,1-4H3,(H,23,24). The van der Waals surface area contributed by atoms with Crippen molar-refractivity contribution in [2.75, 3.05) is 12.8 Å². The second kappa shape index (κ2) is 9.15. The van der Waals surface area contributed by atoms with E-state index < -0.39 is 10.0 Å². The van der Waals surface area contributed by atoms with E-state index in [1.165, 1.54) is 5.56 Å². The van der Waals surface area contributed by atoms with Gasteiger partial charge in [-0.25, -0.2) is 13.1 Å². The maximum absolute atomic E-state index is 12.5. The van der Waals surface area contributed by atoms with Crippen molar-refractivity contribution in [2.45, 2.75) is 39.2 Å². The Morgan fingerprint density at radius 2 is 1.48 bits per heavy atom. The van der Waals surface area contributed by atoms with Gasteiger partial charge >= 0.3 is 0 Å². The van der Waals surface area contributed by atoms with E-state index in [9.17, 15) is 13.2 Å². The second-order valence-electron chi connectivity index (χ2n) is 7.13. The maximum atomic E-state index is 12.5. The van der Waals surface area contributed by atoms with Crippen molar-refractivity contribution < 1.29 is 13.2 Å². The van der Waals surface area contributed by atoms with Gasteiger partial charge in [0, 0.05) is 12.1 Å². The van der Waals surface area contributed by atoms with Crippen molar-refractivity contribution in [3.05, 3.63) is 70.8 Å². The number of hydrogen-bond acceptors (Lipinski definition) is 3. The van der Waals surface area contributed by atoms with Crippen LogP contribution in [0, 0.1) is 0 Å². The van der Waals surface area contributed by atoms with Gasteiger partial charge in [0.2, 0.25) is 10.0 Å². The minimum atomic E-state index is -3.18. The SMILES string of the molecule is CC(C)c1ccc(C(C)NC(=O)c2ccc(CCNS(C)(=O)=O)cc2)cc1. The van der Waals surface area contributed by atoms with E-state index in [1.54, 1.807) is 12.1 Å². The summed E-state index contributed by atoms with van der Waals surface area (Å²) in [7, 11) is -3.18. The molecule has 0 saturated carbocycles. The van der Waals surface area contributed by atoms with Crippen LogP contribution in [0.2, 0.25) is 0 Å². The molecule has 0 bridgehead atoms. The Labute approximate surface area is 162 Å². The molecule has 0 aliphatic carbocycles. The summed E-state index contributed by atoms with van der Waals surface area (Å²) < 4.78 is 24.6. The lowest BCUT2D eigenvalue weighted by Crippen LogP contribution is -2.26. The van der Waals surface area contributed by atoms with Gasteiger partial charge in [-0.3, -0.25) is 4.79 Å². The first-order chi connectivity index (χ1) is 12.7. The molecular weight excluding hydrogens is 360 g/mol. The Morgan fingerprint density at radius 3 is 2.00 bits per heavy atom. The lowest BCUT2D eigenvalue weighted by Gasteiger charge is -2.16. The highest BCUT2D eigenvalue weighted by Crippen LogP contribution is 2.19. The summed E-state index contributed by atoms with van der Waals surface area (Å²) in [6.07, 6.45) is 1.71. The van der Waals surface area contributed by atoms with Crippen molar-refractivity contribution in [3.8, 4) is 0 Å². The van der Waals surface area contributed by atoms with E-state index in [1.807, 2.05) is 19.1 Å². The van der Waals surface area contributed by atoms with E-state index in [-0.39, 0.29) is 11.9 Å². The molecule has 146 valence electrons. The Bertz CT molecular complexity index is 857. The molecule has 1 amide bonds. The first kappa shape index (κ1) is 21.1. The quantitative estimate of drug-likeness (QED) is 0.728. The number of sulfonamides is 1. The van der Waals surface area contributed by atoms with Gasteiger partial charge in [0.25, 0.3) is 5.91 Å². The van der Waals surface area contributed by atoms with Crippen LogP contribution in [0.25, 0.3) is 0 Å². The second-order valence-corrected chi connectivity index (χ2v) is 8.96. The van der Waals surface area contributed by atoms with Crippen molar-refractivity contribution in [1.82, 2.24) is 10.0 Å². The summed E-state index contributed by atoms with van der Waals surface area (Å²) in [6.45, 7) is 6.61. The van der Waals surface area contributed by atoms with Gasteiger partial charge in [-0.05, 0) is 48.1 Å². The predicted molar refractivity (Wildman–Crippen MR) is 109 cm³/mol. The molecule has 0 spiro atoms. The van der Waals surface area contributed by atoms with Crippen LogP contribution >= 0.6 is 0 Å². The minimum absolute atomic E-state index is 0.0858. The van der Waals surface area contributed by atoms with Gasteiger partial charge in [0.15, 0.2) is 0 Å². The fourth-order valence-electron chi connectivity index (χ4n) is 2.74. The molecule has 0 aromatic heterocycles. The molecule has 2 aromatic carbocycles. The Kier molecular flexibility index (Phi) is 7.16. The van der Waals surface area contributed by atoms with E-state index in [0.717, 1.165) is 17.4 Å². The van der Waals surface area contributed by atoms with Gasteiger partial charge in [-0.15, -0.1) is 0 Å². The third kappa shape index (κ3) is 6.81. The molecule has 0 fully saturated rings. The fraction of sp³-hybridized carbons (Fsp3) is 0.381. The lowest BCUT2D eigenvalue weighted by atomic mass is 9.99. The fourth-order valence-corrected chi connectivity index (χ4v) is 3.21. The Hall–Kier alpha value is -2.18. The van der Waals surface area contributed by atoms with Gasteiger partial charge in [-0.2, -0.15) is 0 Å². The molecule has 2 aromatic rings. The van der Waals surface area contributed by atoms with Crippen LogP contribution in [-0.2, 0) is 16.4 Å². The lowest BCUT2D eigenvalue weighted by molar-refractivity contribution is 0.0940. The molecule has 6 heteroatoms. The predicted octanol–water partition coefficient (Wildman–Crippen LogP) is 3.39. The topological polar surface area (TPSA) is 75.3 Å². The highest BCUT2D eigenvalue weighted by molar-refractivity contribution is 7.88. The average molecular weight is 389 g/mol. The number of nitrogens with one attached hydrogen (secondary N) is 2. The molecule has 1 atom stereocenters. The molecule has 0 aliphatic rings. The normalized spacial score (nSPS) is 12.8. The molecule has 0 heterocycles. The third-order valence-corrected chi connectivity index (χ3v) is 5.17. The van der Waals surface area contributed by atoms with Crippen LogP contribution in [0.4, 0.5) is 0 Å². The van der Waals surface area contributed by atoms with Gasteiger partial charge in [0.1, 0.15) is 0 Å². The molecule has 27 heavy (non-hydrogen) atoms. The van der Waals surface area contributed by atoms with Crippen LogP contribution in [-0.4, -0.2) is 27.1 Å². The molecule has 0 saturated heterocycles. The first-order valence-corrected chi connectivity index (χ1v) is 11.0. The van der Waals surface area contributed by atoms with Gasteiger partial charge in [0.05, 0.1) is 12.3 Å². The molecule has 0 aliphatic heterocycles. The van der Waals surface area contributed by atoms with E-state index in [4.69, 9.17) is 0 Å². The molecule has 2 rings (SSSR count). The highest BCUT2D eigenvalue weighted by Gasteiger charge is 2.12. The number of amides is 1. The highest BCUT2D eigenvalue weighted by atomic mass is 32.2. The number of benzene rings is 2. The molecule has 1 unspecified atom stereocenters. The zero-order valence-corrected chi connectivity index (χ0v) is 17.1. The van der Waals surface area contributed by atoms with Crippen molar-refractivity contribution in [3.63, 3.8) is 0 Å². The Morgan fingerprint density at radius 1 is 0.926 bits per heavy atom. The molecule has 5 nitrogen and oxygen atoms in total. The van der Waals surface area contributed by atoms with Crippen LogP contribution < -0.4 is 10.0 Å². The van der Waals surface area contributed by atoms with Crippen LogP contribution in [0.3, 0.4) is 0 Å². The summed E-state index contributed by atoms with van der Waals surface area (Å²) in [5, 5.41) is 3.01. The molecular formula is C21H28N2O3S. The summed E-state index contributed by atoms with van der Waals surface area (Å²) in [5.74, 6) is 0.353. The first-order valence-electron chi connectivity index (χ1n) is 9.10. The van der Waals surface area contributed by atoms with Crippen molar-refractivity contribution >= 4 is 15.9 Å². The van der Waals surface area contributed by atoms with Crippen LogP contribution in [0.5, 0.6) is 0 Å².